The van der Waals surface area contributed by atoms with Crippen LogP contribution in [0.4, 0.5) is 0 Å². The number of ether oxygens (including phenoxy) is 1. The largest absolute Gasteiger partial charge is 0.497 e. The lowest BCUT2D eigenvalue weighted by Crippen LogP contribution is -2.08. The summed E-state index contributed by atoms with van der Waals surface area (Å²) in [7, 11) is 1.62. The summed E-state index contributed by atoms with van der Waals surface area (Å²) in [5.74, 6) is -0.165. The fourth-order valence-corrected chi connectivity index (χ4v) is 2.46. The molecule has 0 saturated carbocycles. The number of aromatic amines is 1. The van der Waals surface area contributed by atoms with E-state index in [1.807, 2.05) is 18.2 Å². The Labute approximate surface area is 109 Å². The summed E-state index contributed by atoms with van der Waals surface area (Å²) in [6, 6.07) is 5.71. The quantitative estimate of drug-likeness (QED) is 0.767. The lowest BCUT2D eigenvalue weighted by Gasteiger charge is -2.02. The monoisotopic (exact) mass is 258 g/mol. The van der Waals surface area contributed by atoms with Crippen molar-refractivity contribution < 1.29 is 14.6 Å². The second kappa shape index (κ2) is 4.35. The summed E-state index contributed by atoms with van der Waals surface area (Å²) in [4.78, 5) is 14.5. The van der Waals surface area contributed by atoms with Crippen molar-refractivity contribution in [2.75, 3.05) is 13.7 Å². The highest BCUT2D eigenvalue weighted by Crippen LogP contribution is 2.31. The number of rotatable bonds is 2. The SMILES string of the molecule is COc1ccc2[nH]c3c(c2c1)CCNC=C3C(=O)O. The average molecular weight is 258 g/mol. The number of aromatic nitrogens is 1. The highest BCUT2D eigenvalue weighted by Gasteiger charge is 2.21. The van der Waals surface area contributed by atoms with Gasteiger partial charge in [0.1, 0.15) is 5.75 Å². The van der Waals surface area contributed by atoms with Crippen molar-refractivity contribution >= 4 is 22.4 Å². The van der Waals surface area contributed by atoms with Crippen LogP contribution in [0.1, 0.15) is 11.3 Å². The molecule has 0 bridgehead atoms. The molecule has 1 aromatic carbocycles. The molecular formula is C14H14N2O3. The summed E-state index contributed by atoms with van der Waals surface area (Å²) in [6.45, 7) is 0.716. The summed E-state index contributed by atoms with van der Waals surface area (Å²) in [5.41, 5.74) is 2.90. The van der Waals surface area contributed by atoms with Crippen LogP contribution in [0, 0.1) is 0 Å². The molecule has 0 spiro atoms. The first-order valence-electron chi connectivity index (χ1n) is 6.06. The molecule has 0 atom stereocenters. The van der Waals surface area contributed by atoms with Crippen LogP contribution in [0.3, 0.4) is 0 Å². The van der Waals surface area contributed by atoms with Crippen molar-refractivity contribution in [3.63, 3.8) is 0 Å². The second-order valence-corrected chi connectivity index (χ2v) is 4.46. The van der Waals surface area contributed by atoms with Gasteiger partial charge in [-0.2, -0.15) is 0 Å². The van der Waals surface area contributed by atoms with Crippen LogP contribution in [-0.2, 0) is 11.2 Å². The zero-order valence-corrected chi connectivity index (χ0v) is 10.5. The fourth-order valence-electron chi connectivity index (χ4n) is 2.46. The number of benzene rings is 1. The van der Waals surface area contributed by atoms with Crippen LogP contribution >= 0.6 is 0 Å². The molecular weight excluding hydrogens is 244 g/mol. The first kappa shape index (κ1) is 11.6. The number of hydrogen-bond acceptors (Lipinski definition) is 3. The van der Waals surface area contributed by atoms with Gasteiger partial charge in [0.05, 0.1) is 18.4 Å². The molecule has 0 unspecified atom stereocenters. The Kier molecular flexibility index (Phi) is 2.67. The number of carboxylic acid groups (broad SMARTS) is 1. The minimum absolute atomic E-state index is 0.266. The summed E-state index contributed by atoms with van der Waals surface area (Å²) < 4.78 is 5.23. The van der Waals surface area contributed by atoms with Crippen LogP contribution < -0.4 is 10.1 Å². The molecule has 2 aromatic rings. The van der Waals surface area contributed by atoms with Crippen LogP contribution in [0.25, 0.3) is 16.5 Å². The molecule has 2 heterocycles. The lowest BCUT2D eigenvalue weighted by molar-refractivity contribution is -0.130. The Morgan fingerprint density at radius 3 is 3.00 bits per heavy atom. The minimum atomic E-state index is -0.936. The smallest absolute Gasteiger partial charge is 0.339 e. The van der Waals surface area contributed by atoms with Crippen LogP contribution in [0.5, 0.6) is 5.75 Å². The Bertz CT molecular complexity index is 685. The van der Waals surface area contributed by atoms with E-state index in [9.17, 15) is 9.90 Å². The Morgan fingerprint density at radius 1 is 1.42 bits per heavy atom. The molecule has 1 aliphatic heterocycles. The van der Waals surface area contributed by atoms with Gasteiger partial charge in [-0.3, -0.25) is 0 Å². The predicted molar refractivity (Wildman–Crippen MR) is 72.2 cm³/mol. The number of methoxy groups -OCH3 is 1. The number of fused-ring (bicyclic) bond motifs is 3. The molecule has 0 radical (unpaired) electrons. The number of aliphatic carboxylic acids is 1. The molecule has 5 nitrogen and oxygen atoms in total. The molecule has 98 valence electrons. The van der Waals surface area contributed by atoms with Crippen molar-refractivity contribution in [3.8, 4) is 5.75 Å². The van der Waals surface area contributed by atoms with E-state index in [0.29, 0.717) is 12.2 Å². The summed E-state index contributed by atoms with van der Waals surface area (Å²) >= 11 is 0. The molecule has 0 fully saturated rings. The maximum atomic E-state index is 11.3. The third kappa shape index (κ3) is 1.83. The van der Waals surface area contributed by atoms with Crippen molar-refractivity contribution in [2.45, 2.75) is 6.42 Å². The molecule has 19 heavy (non-hydrogen) atoms. The van der Waals surface area contributed by atoms with Gasteiger partial charge in [-0.15, -0.1) is 0 Å². The van der Waals surface area contributed by atoms with Gasteiger partial charge in [-0.1, -0.05) is 0 Å². The van der Waals surface area contributed by atoms with E-state index in [1.165, 1.54) is 0 Å². The van der Waals surface area contributed by atoms with Crippen molar-refractivity contribution in [3.05, 3.63) is 35.7 Å². The van der Waals surface area contributed by atoms with Gasteiger partial charge in [-0.05, 0) is 30.2 Å². The van der Waals surface area contributed by atoms with E-state index in [4.69, 9.17) is 4.74 Å². The van der Waals surface area contributed by atoms with Gasteiger partial charge in [0.25, 0.3) is 0 Å². The van der Waals surface area contributed by atoms with E-state index < -0.39 is 5.97 Å². The molecule has 5 heteroatoms. The average Bonchev–Trinajstić information content (AvgIpc) is 2.62. The molecule has 3 N–H and O–H groups in total. The normalized spacial score (nSPS) is 14.3. The second-order valence-electron chi connectivity index (χ2n) is 4.46. The first-order valence-corrected chi connectivity index (χ1v) is 6.06. The van der Waals surface area contributed by atoms with E-state index in [2.05, 4.69) is 10.3 Å². The highest BCUT2D eigenvalue weighted by atomic mass is 16.5. The molecule has 0 aliphatic carbocycles. The van der Waals surface area contributed by atoms with Gasteiger partial charge in [0.2, 0.25) is 0 Å². The molecule has 0 amide bonds. The van der Waals surface area contributed by atoms with Gasteiger partial charge >= 0.3 is 5.97 Å². The van der Waals surface area contributed by atoms with Gasteiger partial charge in [-0.25, -0.2) is 4.79 Å². The van der Waals surface area contributed by atoms with Crippen LogP contribution in [0.15, 0.2) is 24.4 Å². The Hall–Kier alpha value is -2.43. The topological polar surface area (TPSA) is 74.3 Å². The first-order chi connectivity index (χ1) is 9.20. The molecule has 1 aliphatic rings. The van der Waals surface area contributed by atoms with Gasteiger partial charge < -0.3 is 20.1 Å². The highest BCUT2D eigenvalue weighted by molar-refractivity contribution is 6.16. The Morgan fingerprint density at radius 2 is 2.26 bits per heavy atom. The summed E-state index contributed by atoms with van der Waals surface area (Å²) in [6.07, 6.45) is 2.33. The standard InChI is InChI=1S/C14H14N2O3/c1-19-8-2-3-12-10(6-8)9-4-5-15-7-11(14(17)18)13(9)16-12/h2-3,6-7,15-16H,4-5H2,1H3,(H,17,18). The minimum Gasteiger partial charge on any atom is -0.497 e. The number of carbonyl (C=O) groups is 1. The number of carboxylic acids is 1. The molecule has 3 rings (SSSR count). The maximum Gasteiger partial charge on any atom is 0.339 e. The van der Waals surface area contributed by atoms with E-state index in [-0.39, 0.29) is 5.57 Å². The zero-order valence-electron chi connectivity index (χ0n) is 10.5. The van der Waals surface area contributed by atoms with E-state index in [1.54, 1.807) is 13.3 Å². The third-order valence-electron chi connectivity index (χ3n) is 3.38. The molecule has 0 saturated heterocycles. The number of hydrogen-bond donors (Lipinski definition) is 3. The van der Waals surface area contributed by atoms with Crippen LogP contribution in [0.2, 0.25) is 0 Å². The molecule has 1 aromatic heterocycles. The third-order valence-corrected chi connectivity index (χ3v) is 3.38. The lowest BCUT2D eigenvalue weighted by atomic mass is 10.0. The Balaban J connectivity index is 2.26. The van der Waals surface area contributed by atoms with Crippen LogP contribution in [-0.4, -0.2) is 29.7 Å². The predicted octanol–water partition coefficient (Wildman–Crippen LogP) is 1.75. The van der Waals surface area contributed by atoms with E-state index in [0.717, 1.165) is 28.6 Å². The maximum absolute atomic E-state index is 11.3. The summed E-state index contributed by atoms with van der Waals surface area (Å²) in [5, 5.41) is 13.3. The van der Waals surface area contributed by atoms with Crippen molar-refractivity contribution in [2.24, 2.45) is 0 Å². The van der Waals surface area contributed by atoms with Crippen molar-refractivity contribution in [1.82, 2.24) is 10.3 Å². The number of nitrogens with one attached hydrogen (secondary N) is 2. The zero-order chi connectivity index (χ0) is 13.4. The van der Waals surface area contributed by atoms with Gasteiger partial charge in [0.15, 0.2) is 0 Å². The number of H-pyrrole nitrogens is 1. The van der Waals surface area contributed by atoms with E-state index >= 15 is 0 Å². The van der Waals surface area contributed by atoms with Crippen molar-refractivity contribution in [1.29, 1.82) is 0 Å². The fraction of sp³-hybridized carbons (Fsp3) is 0.214. The van der Waals surface area contributed by atoms with Gasteiger partial charge in [0, 0.05) is 23.6 Å².